The van der Waals surface area contributed by atoms with Crippen molar-refractivity contribution in [1.82, 2.24) is 9.97 Å². The average molecular weight is 849 g/mol. The molecule has 0 saturated heterocycles. The minimum Gasteiger partial charge on any atom is -0.243 e. The first kappa shape index (κ1) is 39.2. The molecule has 9 aromatic rings. The van der Waals surface area contributed by atoms with Gasteiger partial charge in [0.1, 0.15) is 0 Å². The average Bonchev–Trinajstić information content (AvgIpc) is 3.81. The molecular formula is C64H52N2. The third-order valence-electron chi connectivity index (χ3n) is 15.9. The standard InChI is InChI=1S/C64H52N2/c1-6-21-43(22-7-1)59-60(44-23-8-2-9-24-44)66-62(61(65-59)45-25-10-3-11-26-45)49-30-19-28-47(40-49)46-27-18-29-48(39-46)50-32-20-34-55-58(50)53-42-56-52(41-57(53)64(55)37-16-5-17-38-64)51-31-12-13-33-54(51)63(56)35-14-4-15-36-63/h1-3,6-13,18-34,39-42H,4-5,14-17,35-38H2. The fraction of sp³-hybridized carbons (Fsp3) is 0.188. The lowest BCUT2D eigenvalue weighted by molar-refractivity contribution is 0.350. The zero-order chi connectivity index (χ0) is 43.7. The molecule has 318 valence electrons. The highest BCUT2D eigenvalue weighted by Gasteiger charge is 2.49. The zero-order valence-corrected chi connectivity index (χ0v) is 37.4. The van der Waals surface area contributed by atoms with Gasteiger partial charge in [0.25, 0.3) is 0 Å². The van der Waals surface area contributed by atoms with Crippen molar-refractivity contribution in [2.45, 2.75) is 75.0 Å². The van der Waals surface area contributed by atoms with E-state index in [1.165, 1.54) is 103 Å². The quantitative estimate of drug-likeness (QED) is 0.167. The maximum Gasteiger partial charge on any atom is 0.0973 e. The predicted molar refractivity (Wildman–Crippen MR) is 273 cm³/mol. The van der Waals surface area contributed by atoms with Gasteiger partial charge in [0.05, 0.1) is 22.8 Å². The molecule has 2 fully saturated rings. The number of hydrogen-bond donors (Lipinski definition) is 0. The van der Waals surface area contributed by atoms with Crippen LogP contribution in [-0.4, -0.2) is 9.97 Å². The van der Waals surface area contributed by atoms with Crippen molar-refractivity contribution < 1.29 is 0 Å². The number of hydrogen-bond acceptors (Lipinski definition) is 2. The lowest BCUT2D eigenvalue weighted by atomic mass is 9.66. The largest absolute Gasteiger partial charge is 0.243 e. The Morgan fingerprint density at radius 3 is 1.24 bits per heavy atom. The molecule has 4 aliphatic carbocycles. The van der Waals surface area contributed by atoms with Gasteiger partial charge >= 0.3 is 0 Å². The SMILES string of the molecule is c1ccc(-c2nc(-c3ccccc3)c(-c3cccc(-c4cccc(-c5cccc6c5-c5cc7c(cc5C65CCCCC5)-c5ccccc5C75CCCCC5)c4)c3)nc2-c2ccccc2)cc1. The van der Waals surface area contributed by atoms with Gasteiger partial charge in [0.2, 0.25) is 0 Å². The first-order valence-electron chi connectivity index (χ1n) is 24.4. The van der Waals surface area contributed by atoms with E-state index in [1.54, 1.807) is 22.3 Å². The summed E-state index contributed by atoms with van der Waals surface area (Å²) in [5, 5.41) is 0. The Bertz CT molecular complexity index is 3300. The van der Waals surface area contributed by atoms with E-state index in [4.69, 9.17) is 9.97 Å². The lowest BCUT2D eigenvalue weighted by Crippen LogP contribution is -2.29. The molecule has 13 rings (SSSR count). The molecule has 8 aromatic carbocycles. The fourth-order valence-corrected chi connectivity index (χ4v) is 12.9. The van der Waals surface area contributed by atoms with E-state index in [2.05, 4.69) is 194 Å². The fourth-order valence-electron chi connectivity index (χ4n) is 12.9. The second-order valence-corrected chi connectivity index (χ2v) is 19.4. The summed E-state index contributed by atoms with van der Waals surface area (Å²) in [6.07, 6.45) is 12.8. The van der Waals surface area contributed by atoms with Crippen LogP contribution in [0.5, 0.6) is 0 Å². The topological polar surface area (TPSA) is 25.8 Å². The Morgan fingerprint density at radius 2 is 0.652 bits per heavy atom. The second kappa shape index (κ2) is 15.8. The van der Waals surface area contributed by atoms with Gasteiger partial charge in [0, 0.05) is 33.1 Å². The van der Waals surface area contributed by atoms with E-state index in [1.807, 2.05) is 0 Å². The van der Waals surface area contributed by atoms with Crippen molar-refractivity contribution in [3.8, 4) is 89.5 Å². The van der Waals surface area contributed by atoms with E-state index in [0.29, 0.717) is 0 Å². The minimum absolute atomic E-state index is 0.0588. The molecule has 4 aliphatic rings. The summed E-state index contributed by atoms with van der Waals surface area (Å²) < 4.78 is 0. The van der Waals surface area contributed by atoms with Crippen molar-refractivity contribution in [1.29, 1.82) is 0 Å². The molecule has 1 aromatic heterocycles. The Hall–Kier alpha value is -7.16. The highest BCUT2D eigenvalue weighted by molar-refractivity contribution is 5.97. The van der Waals surface area contributed by atoms with Crippen molar-refractivity contribution in [2.24, 2.45) is 0 Å². The lowest BCUT2D eigenvalue weighted by Gasteiger charge is -2.37. The van der Waals surface area contributed by atoms with Crippen LogP contribution in [0.4, 0.5) is 0 Å². The Morgan fingerprint density at radius 1 is 0.258 bits per heavy atom. The molecular weight excluding hydrogens is 797 g/mol. The molecule has 2 saturated carbocycles. The van der Waals surface area contributed by atoms with Crippen LogP contribution in [0.3, 0.4) is 0 Å². The van der Waals surface area contributed by atoms with Crippen molar-refractivity contribution in [3.63, 3.8) is 0 Å². The molecule has 66 heavy (non-hydrogen) atoms. The molecule has 0 aliphatic heterocycles. The van der Waals surface area contributed by atoms with Gasteiger partial charge < -0.3 is 0 Å². The van der Waals surface area contributed by atoms with Gasteiger partial charge in [-0.15, -0.1) is 0 Å². The summed E-state index contributed by atoms with van der Waals surface area (Å²) in [5.74, 6) is 0. The molecule has 2 heteroatoms. The van der Waals surface area contributed by atoms with Crippen LogP contribution in [0.15, 0.2) is 194 Å². The normalized spacial score (nSPS) is 16.1. The minimum atomic E-state index is 0.0588. The van der Waals surface area contributed by atoms with Gasteiger partial charge in [-0.2, -0.15) is 0 Å². The monoisotopic (exact) mass is 848 g/mol. The van der Waals surface area contributed by atoms with Crippen LogP contribution < -0.4 is 0 Å². The molecule has 2 spiro atoms. The van der Waals surface area contributed by atoms with E-state index in [-0.39, 0.29) is 10.8 Å². The number of rotatable bonds is 6. The third kappa shape index (κ3) is 6.14. The van der Waals surface area contributed by atoms with Crippen LogP contribution in [0.2, 0.25) is 0 Å². The van der Waals surface area contributed by atoms with E-state index in [9.17, 15) is 0 Å². The van der Waals surface area contributed by atoms with Crippen LogP contribution in [0.25, 0.3) is 89.5 Å². The van der Waals surface area contributed by atoms with Crippen LogP contribution in [-0.2, 0) is 10.8 Å². The number of fused-ring (bicyclic) bond motifs is 10. The number of benzene rings is 8. The molecule has 0 unspecified atom stereocenters. The third-order valence-corrected chi connectivity index (χ3v) is 15.9. The highest BCUT2D eigenvalue weighted by Crippen LogP contribution is 2.63. The maximum atomic E-state index is 5.57. The first-order valence-corrected chi connectivity index (χ1v) is 24.4. The Balaban J connectivity index is 0.958. The molecule has 0 radical (unpaired) electrons. The van der Waals surface area contributed by atoms with E-state index >= 15 is 0 Å². The summed E-state index contributed by atoms with van der Waals surface area (Å²) in [4.78, 5) is 11.1. The Kier molecular flexibility index (Phi) is 9.38. The van der Waals surface area contributed by atoms with E-state index < -0.39 is 0 Å². The van der Waals surface area contributed by atoms with Crippen molar-refractivity contribution in [3.05, 3.63) is 216 Å². The summed E-state index contributed by atoms with van der Waals surface area (Å²) in [6.45, 7) is 0. The van der Waals surface area contributed by atoms with Gasteiger partial charge in [-0.1, -0.05) is 208 Å². The molecule has 0 amide bonds. The summed E-state index contributed by atoms with van der Waals surface area (Å²) in [5.41, 5.74) is 25.1. The number of nitrogens with zero attached hydrogens (tertiary/aromatic N) is 2. The van der Waals surface area contributed by atoms with Crippen LogP contribution in [0.1, 0.15) is 86.5 Å². The van der Waals surface area contributed by atoms with Gasteiger partial charge in [0.15, 0.2) is 0 Å². The van der Waals surface area contributed by atoms with Gasteiger partial charge in [-0.25, -0.2) is 9.97 Å². The smallest absolute Gasteiger partial charge is 0.0973 e. The molecule has 2 nitrogen and oxygen atoms in total. The maximum absolute atomic E-state index is 5.57. The van der Waals surface area contributed by atoms with Crippen LogP contribution in [0, 0.1) is 0 Å². The predicted octanol–water partition coefficient (Wildman–Crippen LogP) is 16.9. The summed E-state index contributed by atoms with van der Waals surface area (Å²) in [7, 11) is 0. The van der Waals surface area contributed by atoms with Crippen molar-refractivity contribution in [2.75, 3.05) is 0 Å². The molecule has 0 N–H and O–H groups in total. The molecule has 1 heterocycles. The van der Waals surface area contributed by atoms with Gasteiger partial charge in [-0.3, -0.25) is 0 Å². The van der Waals surface area contributed by atoms with E-state index in [0.717, 1.165) is 50.6 Å². The highest BCUT2D eigenvalue weighted by atomic mass is 14.9. The number of aromatic nitrogens is 2. The molecule has 0 atom stereocenters. The zero-order valence-electron chi connectivity index (χ0n) is 37.4. The summed E-state index contributed by atoms with van der Waals surface area (Å²) >= 11 is 0. The molecule has 0 bridgehead atoms. The Labute approximate surface area is 389 Å². The summed E-state index contributed by atoms with van der Waals surface area (Å²) in [6, 6.07) is 71.9. The van der Waals surface area contributed by atoms with Crippen LogP contribution >= 0.6 is 0 Å². The van der Waals surface area contributed by atoms with Crippen molar-refractivity contribution >= 4 is 0 Å². The van der Waals surface area contributed by atoms with Gasteiger partial charge in [-0.05, 0) is 117 Å². The second-order valence-electron chi connectivity index (χ2n) is 19.4. The first-order chi connectivity index (χ1) is 32.7.